The van der Waals surface area contributed by atoms with E-state index in [0.29, 0.717) is 75.6 Å². The number of rotatable bonds is 13. The van der Waals surface area contributed by atoms with E-state index in [4.69, 9.17) is 19.2 Å². The first-order valence-electron chi connectivity index (χ1n) is 15.3. The smallest absolute Gasteiger partial charge is 0.411 e. The summed E-state index contributed by atoms with van der Waals surface area (Å²) < 4.78 is 16.5. The van der Waals surface area contributed by atoms with Crippen LogP contribution >= 0.6 is 0 Å². The van der Waals surface area contributed by atoms with Crippen LogP contribution in [0.3, 0.4) is 0 Å². The lowest BCUT2D eigenvalue weighted by Crippen LogP contribution is -2.41. The largest absolute Gasteiger partial charge is 0.446 e. The van der Waals surface area contributed by atoms with Crippen LogP contribution in [0.4, 0.5) is 16.2 Å². The molecule has 0 aliphatic carbocycles. The van der Waals surface area contributed by atoms with E-state index in [0.717, 1.165) is 28.9 Å². The zero-order valence-corrected chi connectivity index (χ0v) is 25.1. The van der Waals surface area contributed by atoms with Crippen LogP contribution in [0.25, 0.3) is 0 Å². The van der Waals surface area contributed by atoms with Crippen LogP contribution in [0.2, 0.25) is 0 Å². The summed E-state index contributed by atoms with van der Waals surface area (Å²) in [4.78, 5) is 45.0. The molecule has 2 amide bonds. The number of carbonyl (C=O) groups is 3. The predicted molar refractivity (Wildman–Crippen MR) is 169 cm³/mol. The highest BCUT2D eigenvalue weighted by Crippen LogP contribution is 2.30. The van der Waals surface area contributed by atoms with E-state index in [9.17, 15) is 14.4 Å². The first-order valence-corrected chi connectivity index (χ1v) is 15.3. The third kappa shape index (κ3) is 8.39. The Balaban J connectivity index is 1.04. The number of carbonyl (C=O) groups excluding carboxylic acids is 3. The number of anilines is 1. The first kappa shape index (κ1) is 31.1. The number of nitrogens with zero attached hydrogens (tertiary/aromatic N) is 2. The van der Waals surface area contributed by atoms with Gasteiger partial charge in [-0.1, -0.05) is 49.4 Å². The fourth-order valence-electron chi connectivity index (χ4n) is 5.34. The van der Waals surface area contributed by atoms with Crippen molar-refractivity contribution in [2.45, 2.75) is 45.1 Å². The van der Waals surface area contributed by atoms with Crippen LogP contribution in [-0.4, -0.2) is 74.0 Å². The average Bonchev–Trinajstić information content (AvgIpc) is 3.48. The Morgan fingerprint density at radius 2 is 1.64 bits per heavy atom. The maximum Gasteiger partial charge on any atom is 0.411 e. The van der Waals surface area contributed by atoms with E-state index in [1.807, 2.05) is 60.4 Å². The molecule has 3 aromatic carbocycles. The molecular weight excluding hydrogens is 558 g/mol. The second-order valence-corrected chi connectivity index (χ2v) is 10.9. The summed E-state index contributed by atoms with van der Waals surface area (Å²) in [6, 6.07) is 22.6. The zero-order valence-electron chi connectivity index (χ0n) is 25.1. The van der Waals surface area contributed by atoms with Crippen molar-refractivity contribution >= 4 is 34.9 Å². The maximum atomic E-state index is 13.3. The van der Waals surface area contributed by atoms with Gasteiger partial charge in [-0.3, -0.25) is 19.9 Å². The van der Waals surface area contributed by atoms with E-state index < -0.39 is 6.09 Å². The van der Waals surface area contributed by atoms with Crippen molar-refractivity contribution in [1.29, 1.82) is 0 Å². The van der Waals surface area contributed by atoms with Gasteiger partial charge in [-0.2, -0.15) is 0 Å². The quantitative estimate of drug-likeness (QED) is 0.185. The third-order valence-corrected chi connectivity index (χ3v) is 7.67. The van der Waals surface area contributed by atoms with Crippen LogP contribution in [0.15, 0.2) is 77.8 Å². The number of Topliss-reactive ketones (excluding diaryl/α,β-unsaturated/α-hetero) is 1. The zero-order chi connectivity index (χ0) is 30.7. The number of piperidine rings is 1. The van der Waals surface area contributed by atoms with Crippen LogP contribution in [0, 0.1) is 0 Å². The molecule has 0 bridgehead atoms. The summed E-state index contributed by atoms with van der Waals surface area (Å²) >= 11 is 0. The van der Waals surface area contributed by atoms with Crippen molar-refractivity contribution < 1.29 is 28.6 Å². The SMILES string of the molecule is CCCOCCOCCC(=O)c1cccc(NC(=O)OC2CCN(C(=O)c3ccc4c(c3)CC(c3ccccc3)=N4)CC2)c1. The minimum atomic E-state index is -0.581. The summed E-state index contributed by atoms with van der Waals surface area (Å²) in [6.45, 7) is 5.01. The fourth-order valence-corrected chi connectivity index (χ4v) is 5.34. The number of benzene rings is 3. The van der Waals surface area contributed by atoms with E-state index in [-0.39, 0.29) is 24.2 Å². The van der Waals surface area contributed by atoms with E-state index in [1.54, 1.807) is 24.3 Å². The number of ketones is 1. The second-order valence-electron chi connectivity index (χ2n) is 10.9. The molecule has 230 valence electrons. The van der Waals surface area contributed by atoms with Crippen LogP contribution in [-0.2, 0) is 20.6 Å². The fraction of sp³-hybridized carbons (Fsp3) is 0.371. The van der Waals surface area contributed by atoms with Crippen LogP contribution in [0.5, 0.6) is 0 Å². The standard InChI is InChI=1S/C35H39N3O6/c1-2-18-42-20-21-43-19-15-33(39)26-9-6-10-29(23-26)36-35(41)44-30-13-16-38(17-14-30)34(40)27-11-12-31-28(22-27)24-32(37-31)25-7-4-3-5-8-25/h3-12,22-23,30H,2,13-21,24H2,1H3,(H,36,41). The molecule has 2 heterocycles. The van der Waals surface area contributed by atoms with Gasteiger partial charge in [0, 0.05) is 62.2 Å². The molecule has 0 atom stereocenters. The Morgan fingerprint density at radius 1 is 0.864 bits per heavy atom. The van der Waals surface area contributed by atoms with Gasteiger partial charge in [0.05, 0.1) is 31.2 Å². The Labute approximate surface area is 258 Å². The lowest BCUT2D eigenvalue weighted by Gasteiger charge is -2.31. The summed E-state index contributed by atoms with van der Waals surface area (Å²) in [7, 11) is 0. The second kappa shape index (κ2) is 15.4. The molecule has 44 heavy (non-hydrogen) atoms. The molecule has 1 fully saturated rings. The molecule has 0 aromatic heterocycles. The number of fused-ring (bicyclic) bond motifs is 1. The lowest BCUT2D eigenvalue weighted by molar-refractivity contribution is 0.0456. The van der Waals surface area contributed by atoms with Crippen molar-refractivity contribution in [2.75, 3.05) is 44.8 Å². The molecule has 9 nitrogen and oxygen atoms in total. The Hall–Kier alpha value is -4.34. The molecule has 9 heteroatoms. The number of likely N-dealkylation sites (tertiary alicyclic amines) is 1. The van der Waals surface area contributed by atoms with Gasteiger partial charge in [0.2, 0.25) is 0 Å². The van der Waals surface area contributed by atoms with Gasteiger partial charge in [0.25, 0.3) is 5.91 Å². The molecular formula is C35H39N3O6. The highest BCUT2D eigenvalue weighted by atomic mass is 16.6. The molecule has 0 unspecified atom stereocenters. The number of aliphatic imine (C=N–C) groups is 1. The minimum absolute atomic E-state index is 0.0272. The predicted octanol–water partition coefficient (Wildman–Crippen LogP) is 6.23. The molecule has 0 radical (unpaired) electrons. The number of hydrogen-bond acceptors (Lipinski definition) is 7. The highest BCUT2D eigenvalue weighted by Gasteiger charge is 2.27. The topological polar surface area (TPSA) is 107 Å². The number of nitrogens with one attached hydrogen (secondary N) is 1. The number of amides is 2. The minimum Gasteiger partial charge on any atom is -0.446 e. The van der Waals surface area contributed by atoms with E-state index >= 15 is 0 Å². The summed E-state index contributed by atoms with van der Waals surface area (Å²) in [6.07, 6.45) is 2.12. The molecule has 3 aromatic rings. The van der Waals surface area contributed by atoms with Crippen molar-refractivity contribution in [3.05, 3.63) is 95.1 Å². The summed E-state index contributed by atoms with van der Waals surface area (Å²) in [5.74, 6) is -0.0957. The lowest BCUT2D eigenvalue weighted by atomic mass is 10.0. The van der Waals surface area contributed by atoms with Gasteiger partial charge in [-0.25, -0.2) is 4.79 Å². The Bertz CT molecular complexity index is 1480. The molecule has 2 aliphatic rings. The van der Waals surface area contributed by atoms with Gasteiger partial charge in [-0.15, -0.1) is 0 Å². The van der Waals surface area contributed by atoms with Gasteiger partial charge >= 0.3 is 6.09 Å². The summed E-state index contributed by atoms with van der Waals surface area (Å²) in [5, 5.41) is 2.73. The van der Waals surface area contributed by atoms with Crippen molar-refractivity contribution in [1.82, 2.24) is 4.90 Å². The highest BCUT2D eigenvalue weighted by molar-refractivity contribution is 6.07. The van der Waals surface area contributed by atoms with E-state index in [1.165, 1.54) is 0 Å². The van der Waals surface area contributed by atoms with Crippen LogP contribution < -0.4 is 5.32 Å². The third-order valence-electron chi connectivity index (χ3n) is 7.67. The van der Waals surface area contributed by atoms with Gasteiger partial charge < -0.3 is 19.1 Å². The molecule has 5 rings (SSSR count). The average molecular weight is 598 g/mol. The van der Waals surface area contributed by atoms with E-state index in [2.05, 4.69) is 5.32 Å². The van der Waals surface area contributed by atoms with Crippen molar-refractivity contribution in [3.8, 4) is 0 Å². The molecule has 1 saturated heterocycles. The van der Waals surface area contributed by atoms with Gasteiger partial charge in [0.15, 0.2) is 5.78 Å². The molecule has 0 spiro atoms. The monoisotopic (exact) mass is 597 g/mol. The van der Waals surface area contributed by atoms with Crippen molar-refractivity contribution in [2.24, 2.45) is 4.99 Å². The number of ether oxygens (including phenoxy) is 3. The van der Waals surface area contributed by atoms with Gasteiger partial charge in [0.1, 0.15) is 6.10 Å². The normalized spacial score (nSPS) is 14.6. The van der Waals surface area contributed by atoms with Gasteiger partial charge in [-0.05, 0) is 47.9 Å². The maximum absolute atomic E-state index is 13.3. The molecule has 1 N–H and O–H groups in total. The van der Waals surface area contributed by atoms with Crippen LogP contribution in [0.1, 0.15) is 64.4 Å². The summed E-state index contributed by atoms with van der Waals surface area (Å²) in [5.41, 5.74) is 5.69. The Kier molecular flexibility index (Phi) is 10.9. The Morgan fingerprint density at radius 3 is 2.41 bits per heavy atom. The molecule has 2 aliphatic heterocycles. The first-order chi connectivity index (χ1) is 21.5. The molecule has 0 saturated carbocycles. The van der Waals surface area contributed by atoms with Crippen molar-refractivity contribution in [3.63, 3.8) is 0 Å². The number of hydrogen-bond donors (Lipinski definition) is 1.